The summed E-state index contributed by atoms with van der Waals surface area (Å²) < 4.78 is 13.3. The molecule has 20 heavy (non-hydrogen) atoms. The maximum Gasteiger partial charge on any atom is 0.337 e. The highest BCUT2D eigenvalue weighted by Crippen LogP contribution is 2.30. The molecule has 7 heteroatoms. The van der Waals surface area contributed by atoms with E-state index in [0.29, 0.717) is 17.1 Å². The van der Waals surface area contributed by atoms with Crippen molar-refractivity contribution in [2.45, 2.75) is 0 Å². The van der Waals surface area contributed by atoms with Gasteiger partial charge in [-0.05, 0) is 30.3 Å². The van der Waals surface area contributed by atoms with E-state index in [9.17, 15) is 9.18 Å². The van der Waals surface area contributed by atoms with Crippen molar-refractivity contribution >= 4 is 46.2 Å². The van der Waals surface area contributed by atoms with Gasteiger partial charge in [0, 0.05) is 11.4 Å². The molecular weight excluding hydrogens is 306 g/mol. The summed E-state index contributed by atoms with van der Waals surface area (Å²) in [5.74, 6) is -1.87. The topological polar surface area (TPSA) is 75.3 Å². The van der Waals surface area contributed by atoms with Crippen molar-refractivity contribution < 1.29 is 14.3 Å². The number of hydrogen-bond donors (Lipinski definition) is 3. The minimum absolute atomic E-state index is 0.0124. The number of nitrogens with one attached hydrogen (secondary N) is 1. The predicted molar refractivity (Wildman–Crippen MR) is 77.5 cm³/mol. The highest BCUT2D eigenvalue weighted by Gasteiger charge is 2.13. The molecule has 0 atom stereocenters. The van der Waals surface area contributed by atoms with Gasteiger partial charge in [0.25, 0.3) is 0 Å². The highest BCUT2D eigenvalue weighted by molar-refractivity contribution is 6.35. The summed E-state index contributed by atoms with van der Waals surface area (Å²) in [6, 6.07) is 6.98. The van der Waals surface area contributed by atoms with Gasteiger partial charge >= 0.3 is 5.97 Å². The lowest BCUT2D eigenvalue weighted by molar-refractivity contribution is 0.0698. The molecule has 0 aliphatic rings. The fourth-order valence-corrected chi connectivity index (χ4v) is 2.12. The van der Waals surface area contributed by atoms with Crippen LogP contribution in [0.5, 0.6) is 0 Å². The largest absolute Gasteiger partial charge is 0.478 e. The van der Waals surface area contributed by atoms with Crippen LogP contribution in [0, 0.1) is 5.82 Å². The molecular formula is C13H9Cl2FN2O2. The molecule has 2 rings (SSSR count). The number of nitrogens with two attached hydrogens (primary N) is 1. The lowest BCUT2D eigenvalue weighted by atomic mass is 10.1. The van der Waals surface area contributed by atoms with Crippen LogP contribution >= 0.6 is 23.2 Å². The summed E-state index contributed by atoms with van der Waals surface area (Å²) in [6.45, 7) is 0. The van der Waals surface area contributed by atoms with Crippen molar-refractivity contribution in [3.63, 3.8) is 0 Å². The van der Waals surface area contributed by atoms with E-state index in [1.54, 1.807) is 6.07 Å². The Bertz CT molecular complexity index is 669. The molecule has 4 nitrogen and oxygen atoms in total. The smallest absolute Gasteiger partial charge is 0.337 e. The van der Waals surface area contributed by atoms with Crippen LogP contribution in [0.1, 0.15) is 10.4 Å². The highest BCUT2D eigenvalue weighted by atomic mass is 35.5. The molecule has 0 spiro atoms. The average molecular weight is 315 g/mol. The molecule has 0 aromatic heterocycles. The van der Waals surface area contributed by atoms with E-state index in [0.717, 1.165) is 0 Å². The quantitative estimate of drug-likeness (QED) is 0.587. The van der Waals surface area contributed by atoms with Crippen molar-refractivity contribution in [1.82, 2.24) is 0 Å². The number of carbonyl (C=O) groups is 1. The van der Waals surface area contributed by atoms with Crippen molar-refractivity contribution in [2.75, 3.05) is 11.1 Å². The second-order valence-electron chi connectivity index (χ2n) is 3.99. The predicted octanol–water partition coefficient (Wildman–Crippen LogP) is 4.16. The maximum atomic E-state index is 13.3. The van der Waals surface area contributed by atoms with Gasteiger partial charge < -0.3 is 16.2 Å². The van der Waals surface area contributed by atoms with Crippen LogP contribution in [0.25, 0.3) is 0 Å². The van der Waals surface area contributed by atoms with E-state index in [1.165, 1.54) is 24.3 Å². The van der Waals surface area contributed by atoms with Gasteiger partial charge in [-0.25, -0.2) is 9.18 Å². The third-order valence-corrected chi connectivity index (χ3v) is 3.09. The first-order valence-corrected chi connectivity index (χ1v) is 6.18. The van der Waals surface area contributed by atoms with E-state index in [1.807, 2.05) is 0 Å². The Kier molecular flexibility index (Phi) is 4.01. The molecule has 2 aromatic carbocycles. The number of rotatable bonds is 3. The Morgan fingerprint density at radius 2 is 1.80 bits per heavy atom. The summed E-state index contributed by atoms with van der Waals surface area (Å²) in [5.41, 5.74) is 6.52. The number of hydrogen-bond acceptors (Lipinski definition) is 3. The van der Waals surface area contributed by atoms with Crippen molar-refractivity contribution in [3.8, 4) is 0 Å². The van der Waals surface area contributed by atoms with E-state index < -0.39 is 11.8 Å². The van der Waals surface area contributed by atoms with E-state index in [4.69, 9.17) is 34.0 Å². The van der Waals surface area contributed by atoms with Crippen molar-refractivity contribution in [2.24, 2.45) is 0 Å². The van der Waals surface area contributed by atoms with Gasteiger partial charge in [0.1, 0.15) is 0 Å². The van der Waals surface area contributed by atoms with Crippen LogP contribution in [-0.2, 0) is 0 Å². The molecule has 104 valence electrons. The summed E-state index contributed by atoms with van der Waals surface area (Å²) in [4.78, 5) is 11.1. The second-order valence-corrected chi connectivity index (χ2v) is 4.80. The molecule has 0 radical (unpaired) electrons. The monoisotopic (exact) mass is 314 g/mol. The Hall–Kier alpha value is -1.98. The Morgan fingerprint density at radius 3 is 2.35 bits per heavy atom. The van der Waals surface area contributed by atoms with Crippen molar-refractivity contribution in [1.29, 1.82) is 0 Å². The number of nitrogen functional groups attached to an aromatic ring is 1. The Balaban J connectivity index is 2.42. The van der Waals surface area contributed by atoms with Crippen LogP contribution in [-0.4, -0.2) is 11.1 Å². The first-order valence-electron chi connectivity index (χ1n) is 5.43. The molecule has 0 saturated heterocycles. The van der Waals surface area contributed by atoms with Gasteiger partial charge in [-0.15, -0.1) is 0 Å². The van der Waals surface area contributed by atoms with E-state index in [-0.39, 0.29) is 15.6 Å². The zero-order valence-electron chi connectivity index (χ0n) is 9.95. The molecule has 0 saturated carbocycles. The van der Waals surface area contributed by atoms with Crippen LogP contribution in [0.15, 0.2) is 30.3 Å². The zero-order valence-corrected chi connectivity index (χ0v) is 11.5. The van der Waals surface area contributed by atoms with Gasteiger partial charge in [0.05, 0.1) is 21.3 Å². The fraction of sp³-hybridized carbons (Fsp3) is 0. The fourth-order valence-electron chi connectivity index (χ4n) is 1.63. The van der Waals surface area contributed by atoms with Crippen LogP contribution in [0.4, 0.5) is 21.5 Å². The number of aromatic carboxylic acids is 1. The molecule has 0 amide bonds. The Labute approximate surface area is 123 Å². The summed E-state index contributed by atoms with van der Waals surface area (Å²) in [7, 11) is 0. The standard InChI is InChI=1S/C13H9Cl2FN2O2/c14-9-4-7(5-10(15)12(9)16)18-11-2-1-6(17)3-8(11)13(19)20/h1-5,18H,17H2,(H,19,20). The number of anilines is 3. The van der Waals surface area contributed by atoms with Gasteiger partial charge in [0.15, 0.2) is 5.82 Å². The molecule has 0 fully saturated rings. The molecule has 2 aromatic rings. The van der Waals surface area contributed by atoms with Gasteiger partial charge in [0.2, 0.25) is 0 Å². The minimum atomic E-state index is -1.14. The summed E-state index contributed by atoms with van der Waals surface area (Å²) >= 11 is 11.4. The number of benzene rings is 2. The SMILES string of the molecule is Nc1ccc(Nc2cc(Cl)c(F)c(Cl)c2)c(C(=O)O)c1. The van der Waals surface area contributed by atoms with Crippen LogP contribution in [0.3, 0.4) is 0 Å². The molecule has 0 heterocycles. The summed E-state index contributed by atoms with van der Waals surface area (Å²) in [5, 5.41) is 11.6. The lowest BCUT2D eigenvalue weighted by Crippen LogP contribution is -2.04. The zero-order chi connectivity index (χ0) is 14.9. The summed E-state index contributed by atoms with van der Waals surface area (Å²) in [6.07, 6.45) is 0. The average Bonchev–Trinajstić information content (AvgIpc) is 2.37. The van der Waals surface area contributed by atoms with E-state index >= 15 is 0 Å². The molecule has 0 aliphatic carbocycles. The number of carboxylic acid groups (broad SMARTS) is 1. The third-order valence-electron chi connectivity index (χ3n) is 2.54. The van der Waals surface area contributed by atoms with Gasteiger partial charge in [-0.1, -0.05) is 23.2 Å². The molecule has 0 bridgehead atoms. The molecule has 0 aliphatic heterocycles. The maximum absolute atomic E-state index is 13.3. The first kappa shape index (κ1) is 14.4. The van der Waals surface area contributed by atoms with Crippen LogP contribution < -0.4 is 11.1 Å². The second kappa shape index (κ2) is 5.56. The Morgan fingerprint density at radius 1 is 1.20 bits per heavy atom. The lowest BCUT2D eigenvalue weighted by Gasteiger charge is -2.11. The minimum Gasteiger partial charge on any atom is -0.478 e. The van der Waals surface area contributed by atoms with Gasteiger partial charge in [-0.3, -0.25) is 0 Å². The third kappa shape index (κ3) is 2.95. The molecule has 0 unspecified atom stereocenters. The molecule has 4 N–H and O–H groups in total. The van der Waals surface area contributed by atoms with Crippen molar-refractivity contribution in [3.05, 3.63) is 51.8 Å². The normalized spacial score (nSPS) is 10.3. The van der Waals surface area contributed by atoms with Crippen LogP contribution in [0.2, 0.25) is 10.0 Å². The number of carboxylic acids is 1. The first-order chi connectivity index (χ1) is 9.38. The van der Waals surface area contributed by atoms with E-state index in [2.05, 4.69) is 5.32 Å². The van der Waals surface area contributed by atoms with Gasteiger partial charge in [-0.2, -0.15) is 0 Å². The number of halogens is 3.